The molecule has 0 saturated heterocycles. The van der Waals surface area contributed by atoms with E-state index in [1.807, 2.05) is 13.0 Å². The fourth-order valence-corrected chi connectivity index (χ4v) is 3.23. The molecule has 1 aliphatic rings. The van der Waals surface area contributed by atoms with Crippen LogP contribution < -0.4 is 5.32 Å². The molecule has 0 radical (unpaired) electrons. The Labute approximate surface area is 126 Å². The second-order valence-electron chi connectivity index (χ2n) is 5.99. The maximum atomic E-state index is 5.78. The van der Waals surface area contributed by atoms with Gasteiger partial charge in [-0.3, -0.25) is 4.68 Å². The average Bonchev–Trinajstić information content (AvgIpc) is 3.18. The zero-order chi connectivity index (χ0) is 14.7. The van der Waals surface area contributed by atoms with Crippen molar-refractivity contribution >= 4 is 0 Å². The molecule has 1 atom stereocenters. The summed E-state index contributed by atoms with van der Waals surface area (Å²) < 4.78 is 7.95. The van der Waals surface area contributed by atoms with Gasteiger partial charge >= 0.3 is 0 Å². The number of rotatable bonds is 6. The fourth-order valence-electron chi connectivity index (χ4n) is 3.23. The van der Waals surface area contributed by atoms with Gasteiger partial charge in [-0.05, 0) is 44.5 Å². The van der Waals surface area contributed by atoms with Gasteiger partial charge in [0.1, 0.15) is 11.5 Å². The zero-order valence-corrected chi connectivity index (χ0v) is 13.0. The van der Waals surface area contributed by atoms with Crippen molar-refractivity contribution in [1.82, 2.24) is 15.1 Å². The van der Waals surface area contributed by atoms with Crippen LogP contribution in [0.2, 0.25) is 0 Å². The first kappa shape index (κ1) is 14.4. The van der Waals surface area contributed by atoms with Gasteiger partial charge in [0, 0.05) is 12.6 Å². The Hall–Kier alpha value is -1.55. The highest BCUT2D eigenvalue weighted by Gasteiger charge is 2.20. The molecule has 0 amide bonds. The van der Waals surface area contributed by atoms with E-state index in [1.54, 1.807) is 0 Å². The molecule has 0 spiro atoms. The smallest absolute Gasteiger partial charge is 0.121 e. The lowest BCUT2D eigenvalue weighted by atomic mass is 10.1. The highest BCUT2D eigenvalue weighted by molar-refractivity contribution is 5.13. The molecule has 114 valence electrons. The van der Waals surface area contributed by atoms with Gasteiger partial charge < -0.3 is 9.73 Å². The van der Waals surface area contributed by atoms with E-state index in [0.717, 1.165) is 30.2 Å². The number of hydrogen-bond acceptors (Lipinski definition) is 3. The molecule has 1 N–H and O–H groups in total. The molecular weight excluding hydrogens is 262 g/mol. The van der Waals surface area contributed by atoms with Crippen molar-refractivity contribution in [3.05, 3.63) is 41.6 Å². The van der Waals surface area contributed by atoms with Gasteiger partial charge in [0.15, 0.2) is 0 Å². The van der Waals surface area contributed by atoms with E-state index < -0.39 is 0 Å². The number of hydrogen-bond donors (Lipinski definition) is 1. The lowest BCUT2D eigenvalue weighted by molar-refractivity contribution is 0.398. The van der Waals surface area contributed by atoms with Crippen molar-refractivity contribution in [1.29, 1.82) is 0 Å². The normalized spacial score (nSPS) is 17.4. The van der Waals surface area contributed by atoms with E-state index >= 15 is 0 Å². The molecule has 0 aromatic carbocycles. The maximum Gasteiger partial charge on any atom is 0.121 e. The number of aryl methyl sites for hydroxylation is 1. The van der Waals surface area contributed by atoms with Crippen molar-refractivity contribution < 1.29 is 4.42 Å². The summed E-state index contributed by atoms with van der Waals surface area (Å²) in [6.07, 6.45) is 8.24. The van der Waals surface area contributed by atoms with Gasteiger partial charge in [0.2, 0.25) is 0 Å². The summed E-state index contributed by atoms with van der Waals surface area (Å²) in [5, 5.41) is 8.28. The second-order valence-corrected chi connectivity index (χ2v) is 5.99. The Kier molecular flexibility index (Phi) is 4.44. The minimum absolute atomic E-state index is 0.204. The molecule has 21 heavy (non-hydrogen) atoms. The molecule has 0 bridgehead atoms. The number of nitrogens with one attached hydrogen (secondary N) is 1. The number of furan rings is 1. The van der Waals surface area contributed by atoms with Crippen LogP contribution in [0.3, 0.4) is 0 Å². The van der Waals surface area contributed by atoms with Crippen molar-refractivity contribution in [2.45, 2.75) is 58.0 Å². The van der Waals surface area contributed by atoms with Crippen LogP contribution in [0.1, 0.15) is 61.9 Å². The van der Waals surface area contributed by atoms with Crippen molar-refractivity contribution in [3.63, 3.8) is 0 Å². The van der Waals surface area contributed by atoms with Gasteiger partial charge in [-0.1, -0.05) is 19.8 Å². The Morgan fingerprint density at radius 3 is 2.81 bits per heavy atom. The quantitative estimate of drug-likeness (QED) is 0.879. The summed E-state index contributed by atoms with van der Waals surface area (Å²) >= 11 is 0. The summed E-state index contributed by atoms with van der Waals surface area (Å²) in [7, 11) is 0. The van der Waals surface area contributed by atoms with E-state index in [-0.39, 0.29) is 6.04 Å². The van der Waals surface area contributed by atoms with E-state index in [4.69, 9.17) is 9.52 Å². The molecule has 1 aliphatic carbocycles. The summed E-state index contributed by atoms with van der Waals surface area (Å²) in [5.41, 5.74) is 1.14. The van der Waals surface area contributed by atoms with E-state index in [9.17, 15) is 0 Å². The van der Waals surface area contributed by atoms with Crippen LogP contribution in [0.4, 0.5) is 0 Å². The highest BCUT2D eigenvalue weighted by atomic mass is 16.3. The molecule has 2 heterocycles. The predicted molar refractivity (Wildman–Crippen MR) is 83.3 cm³/mol. The lowest BCUT2D eigenvalue weighted by Crippen LogP contribution is -2.22. The van der Waals surface area contributed by atoms with Gasteiger partial charge in [-0.2, -0.15) is 5.10 Å². The first-order valence-electron chi connectivity index (χ1n) is 8.10. The van der Waals surface area contributed by atoms with Crippen LogP contribution in [-0.4, -0.2) is 16.3 Å². The van der Waals surface area contributed by atoms with Crippen molar-refractivity contribution in [3.8, 4) is 0 Å². The molecule has 1 unspecified atom stereocenters. The van der Waals surface area contributed by atoms with Gasteiger partial charge in [-0.25, -0.2) is 0 Å². The van der Waals surface area contributed by atoms with Crippen LogP contribution in [0.5, 0.6) is 0 Å². The third-order valence-electron chi connectivity index (χ3n) is 4.33. The summed E-state index contributed by atoms with van der Waals surface area (Å²) in [6, 6.07) is 7.06. The Morgan fingerprint density at radius 1 is 1.33 bits per heavy atom. The summed E-state index contributed by atoms with van der Waals surface area (Å²) in [5.74, 6) is 1.97. The molecule has 2 aromatic heterocycles. The molecule has 4 heteroatoms. The molecule has 3 rings (SSSR count). The first-order chi connectivity index (χ1) is 10.3. The summed E-state index contributed by atoms with van der Waals surface area (Å²) in [4.78, 5) is 0. The van der Waals surface area contributed by atoms with E-state index in [1.165, 1.54) is 25.7 Å². The standard InChI is InChI=1S/C17H25N3O/c1-3-18-16(17-9-8-13(2)21-17)12-14-10-11-20(19-14)15-6-4-5-7-15/h8-11,15-16,18H,3-7,12H2,1-2H3. The Bertz CT molecular complexity index is 566. The third-order valence-corrected chi connectivity index (χ3v) is 4.33. The summed E-state index contributed by atoms with van der Waals surface area (Å²) in [6.45, 7) is 5.04. The van der Waals surface area contributed by atoms with E-state index in [0.29, 0.717) is 6.04 Å². The van der Waals surface area contributed by atoms with E-state index in [2.05, 4.69) is 35.3 Å². The van der Waals surface area contributed by atoms with Crippen LogP contribution in [0.15, 0.2) is 28.8 Å². The highest BCUT2D eigenvalue weighted by Crippen LogP contribution is 2.29. The molecule has 2 aromatic rings. The lowest BCUT2D eigenvalue weighted by Gasteiger charge is -2.14. The minimum Gasteiger partial charge on any atom is -0.465 e. The molecule has 4 nitrogen and oxygen atoms in total. The van der Waals surface area contributed by atoms with Crippen molar-refractivity contribution in [2.75, 3.05) is 6.54 Å². The fraction of sp³-hybridized carbons (Fsp3) is 0.588. The number of aromatic nitrogens is 2. The number of likely N-dealkylation sites (N-methyl/N-ethyl adjacent to an activating group) is 1. The van der Waals surface area contributed by atoms with Crippen LogP contribution in [0.25, 0.3) is 0 Å². The molecule has 1 saturated carbocycles. The SMILES string of the molecule is CCNC(Cc1ccn(C2CCCC2)n1)c1ccc(C)o1. The molecular formula is C17H25N3O. The topological polar surface area (TPSA) is 43.0 Å². The average molecular weight is 287 g/mol. The molecule has 1 fully saturated rings. The minimum atomic E-state index is 0.204. The zero-order valence-electron chi connectivity index (χ0n) is 13.0. The van der Waals surface area contributed by atoms with Gasteiger partial charge in [-0.15, -0.1) is 0 Å². The van der Waals surface area contributed by atoms with Gasteiger partial charge in [0.25, 0.3) is 0 Å². The van der Waals surface area contributed by atoms with Crippen molar-refractivity contribution in [2.24, 2.45) is 0 Å². The predicted octanol–water partition coefficient (Wildman–Crippen LogP) is 3.79. The van der Waals surface area contributed by atoms with Crippen LogP contribution >= 0.6 is 0 Å². The Balaban J connectivity index is 1.70. The number of nitrogens with zero attached hydrogens (tertiary/aromatic N) is 2. The third kappa shape index (κ3) is 3.38. The Morgan fingerprint density at radius 2 is 2.14 bits per heavy atom. The van der Waals surface area contributed by atoms with Crippen LogP contribution in [0, 0.1) is 6.92 Å². The monoisotopic (exact) mass is 287 g/mol. The molecule has 0 aliphatic heterocycles. The van der Waals surface area contributed by atoms with Gasteiger partial charge in [0.05, 0.1) is 17.8 Å². The maximum absolute atomic E-state index is 5.78. The van der Waals surface area contributed by atoms with Crippen LogP contribution in [-0.2, 0) is 6.42 Å². The first-order valence-corrected chi connectivity index (χ1v) is 8.10. The largest absolute Gasteiger partial charge is 0.465 e. The second kappa shape index (κ2) is 6.48.